The zero-order chi connectivity index (χ0) is 12.7. The molecule has 0 atom stereocenters. The summed E-state index contributed by atoms with van der Waals surface area (Å²) in [5.74, 6) is 0.501. The maximum atomic E-state index is 6.14. The fourth-order valence-electron chi connectivity index (χ4n) is 1.76. The molecule has 0 radical (unpaired) electrons. The lowest BCUT2D eigenvalue weighted by Gasteiger charge is -2.04. The Morgan fingerprint density at radius 3 is 2.78 bits per heavy atom. The molecule has 0 fully saturated rings. The number of hydrogen-bond donors (Lipinski definition) is 2. The van der Waals surface area contributed by atoms with Gasteiger partial charge in [0, 0.05) is 10.6 Å². The molecular weight excluding hydrogens is 271 g/mol. The second-order valence-electron chi connectivity index (χ2n) is 3.83. The minimum atomic E-state index is 0.501. The predicted octanol–water partition coefficient (Wildman–Crippen LogP) is 3.51. The zero-order valence-electron chi connectivity index (χ0n) is 9.11. The van der Waals surface area contributed by atoms with Crippen LogP contribution in [-0.4, -0.2) is 15.2 Å². The third kappa shape index (κ3) is 1.79. The van der Waals surface area contributed by atoms with Gasteiger partial charge in [0.15, 0.2) is 5.65 Å². The topological polar surface area (TPSA) is 67.6 Å². The highest BCUT2D eigenvalue weighted by atomic mass is 35.5. The number of nitrogen functional groups attached to an aromatic ring is 1. The van der Waals surface area contributed by atoms with Gasteiger partial charge in [0.1, 0.15) is 5.82 Å². The average Bonchev–Trinajstić information content (AvgIpc) is 2.74. The predicted molar refractivity (Wildman–Crippen MR) is 73.8 cm³/mol. The Balaban J connectivity index is 2.22. The number of fused-ring (bicyclic) bond motifs is 1. The first-order valence-electron chi connectivity index (χ1n) is 5.21. The standard InChI is InChI=1S/C12H8Cl2N4/c13-6-1-3-9(14)8(5-6)10-4-2-7-11(15)17-18-12(7)16-10/h1-5H,(H3,15,16,17,18). The number of aromatic amines is 1. The van der Waals surface area contributed by atoms with Crippen LogP contribution in [0.2, 0.25) is 10.0 Å². The van der Waals surface area contributed by atoms with E-state index >= 15 is 0 Å². The Morgan fingerprint density at radius 2 is 1.94 bits per heavy atom. The molecule has 2 aromatic heterocycles. The lowest BCUT2D eigenvalue weighted by Crippen LogP contribution is -1.87. The molecule has 18 heavy (non-hydrogen) atoms. The van der Waals surface area contributed by atoms with E-state index in [-0.39, 0.29) is 0 Å². The van der Waals surface area contributed by atoms with Gasteiger partial charge < -0.3 is 5.73 Å². The van der Waals surface area contributed by atoms with Gasteiger partial charge in [-0.15, -0.1) is 0 Å². The lowest BCUT2D eigenvalue weighted by molar-refractivity contribution is 1.11. The van der Waals surface area contributed by atoms with Crippen LogP contribution in [0.15, 0.2) is 30.3 Å². The van der Waals surface area contributed by atoms with Crippen LogP contribution >= 0.6 is 23.2 Å². The first-order valence-corrected chi connectivity index (χ1v) is 5.97. The van der Waals surface area contributed by atoms with E-state index in [2.05, 4.69) is 15.2 Å². The van der Waals surface area contributed by atoms with E-state index in [9.17, 15) is 0 Å². The van der Waals surface area contributed by atoms with Crippen molar-refractivity contribution in [3.8, 4) is 11.3 Å². The smallest absolute Gasteiger partial charge is 0.183 e. The first-order chi connectivity index (χ1) is 8.65. The zero-order valence-corrected chi connectivity index (χ0v) is 10.6. The Bertz CT molecular complexity index is 736. The highest BCUT2D eigenvalue weighted by Gasteiger charge is 2.09. The molecule has 90 valence electrons. The van der Waals surface area contributed by atoms with Crippen LogP contribution in [0, 0.1) is 0 Å². The highest BCUT2D eigenvalue weighted by Crippen LogP contribution is 2.30. The van der Waals surface area contributed by atoms with E-state index in [1.54, 1.807) is 18.2 Å². The molecule has 0 bridgehead atoms. The van der Waals surface area contributed by atoms with Gasteiger partial charge in [-0.3, -0.25) is 5.10 Å². The number of benzene rings is 1. The molecule has 2 heterocycles. The van der Waals surface area contributed by atoms with Gasteiger partial charge in [-0.2, -0.15) is 5.10 Å². The molecule has 0 saturated heterocycles. The average molecular weight is 279 g/mol. The number of hydrogen-bond acceptors (Lipinski definition) is 3. The summed E-state index contributed by atoms with van der Waals surface area (Å²) in [4.78, 5) is 4.40. The maximum Gasteiger partial charge on any atom is 0.183 e. The Kier molecular flexibility index (Phi) is 2.61. The largest absolute Gasteiger partial charge is 0.384 e. The van der Waals surface area contributed by atoms with Crippen molar-refractivity contribution in [3.63, 3.8) is 0 Å². The Hall–Kier alpha value is -1.78. The monoisotopic (exact) mass is 278 g/mol. The van der Waals surface area contributed by atoms with Gasteiger partial charge in [-0.1, -0.05) is 23.2 Å². The van der Waals surface area contributed by atoms with Crippen molar-refractivity contribution in [1.82, 2.24) is 15.2 Å². The number of aromatic nitrogens is 3. The highest BCUT2D eigenvalue weighted by molar-refractivity contribution is 6.35. The van der Waals surface area contributed by atoms with E-state index in [0.29, 0.717) is 27.2 Å². The summed E-state index contributed by atoms with van der Waals surface area (Å²) in [7, 11) is 0. The molecule has 6 heteroatoms. The molecular formula is C12H8Cl2N4. The summed E-state index contributed by atoms with van der Waals surface area (Å²) in [6.07, 6.45) is 0. The minimum Gasteiger partial charge on any atom is -0.384 e. The number of pyridine rings is 1. The molecule has 4 nitrogen and oxygen atoms in total. The van der Waals surface area contributed by atoms with E-state index in [1.807, 2.05) is 12.1 Å². The molecule has 0 aliphatic rings. The van der Waals surface area contributed by atoms with Crippen LogP contribution in [0.5, 0.6) is 0 Å². The molecule has 0 aliphatic carbocycles. The van der Waals surface area contributed by atoms with Crippen LogP contribution in [0.4, 0.5) is 5.82 Å². The second-order valence-corrected chi connectivity index (χ2v) is 4.67. The van der Waals surface area contributed by atoms with E-state index < -0.39 is 0 Å². The molecule has 0 unspecified atom stereocenters. The van der Waals surface area contributed by atoms with Crippen LogP contribution in [0.3, 0.4) is 0 Å². The van der Waals surface area contributed by atoms with Gasteiger partial charge in [0.25, 0.3) is 0 Å². The van der Waals surface area contributed by atoms with Crippen LogP contribution in [0.25, 0.3) is 22.3 Å². The van der Waals surface area contributed by atoms with E-state index in [1.165, 1.54) is 0 Å². The minimum absolute atomic E-state index is 0.501. The van der Waals surface area contributed by atoms with Crippen molar-refractivity contribution in [1.29, 1.82) is 0 Å². The maximum absolute atomic E-state index is 6.14. The molecule has 0 aliphatic heterocycles. The number of H-pyrrole nitrogens is 1. The van der Waals surface area contributed by atoms with Gasteiger partial charge in [-0.25, -0.2) is 4.98 Å². The number of nitrogens with two attached hydrogens (primary N) is 1. The second kappa shape index (κ2) is 4.15. The van der Waals surface area contributed by atoms with Crippen molar-refractivity contribution in [2.75, 3.05) is 5.73 Å². The Morgan fingerprint density at radius 1 is 1.11 bits per heavy atom. The number of anilines is 1. The summed E-state index contributed by atoms with van der Waals surface area (Å²) in [6, 6.07) is 8.94. The normalized spacial score (nSPS) is 11.0. The molecule has 0 spiro atoms. The van der Waals surface area contributed by atoms with Crippen LogP contribution in [-0.2, 0) is 0 Å². The third-order valence-electron chi connectivity index (χ3n) is 2.65. The van der Waals surface area contributed by atoms with E-state index in [4.69, 9.17) is 28.9 Å². The van der Waals surface area contributed by atoms with Gasteiger partial charge in [0.2, 0.25) is 0 Å². The summed E-state index contributed by atoms with van der Waals surface area (Å²) >= 11 is 12.1. The van der Waals surface area contributed by atoms with Gasteiger partial charge >= 0.3 is 0 Å². The van der Waals surface area contributed by atoms with Crippen molar-refractivity contribution in [3.05, 3.63) is 40.4 Å². The summed E-state index contributed by atoms with van der Waals surface area (Å²) in [5.41, 5.74) is 7.75. The fourth-order valence-corrected chi connectivity index (χ4v) is 2.15. The Labute approximate surface area is 113 Å². The molecule has 1 aromatic carbocycles. The van der Waals surface area contributed by atoms with Crippen LogP contribution in [0.1, 0.15) is 0 Å². The van der Waals surface area contributed by atoms with Crippen molar-refractivity contribution in [2.45, 2.75) is 0 Å². The third-order valence-corrected chi connectivity index (χ3v) is 3.22. The SMILES string of the molecule is Nc1[nH]nc2nc(-c3cc(Cl)ccc3Cl)ccc12. The quantitative estimate of drug-likeness (QED) is 0.716. The number of nitrogens with zero attached hydrogens (tertiary/aromatic N) is 2. The molecule has 0 saturated carbocycles. The summed E-state index contributed by atoms with van der Waals surface area (Å²) in [5, 5.41) is 8.70. The summed E-state index contributed by atoms with van der Waals surface area (Å²) < 4.78 is 0. The van der Waals surface area contributed by atoms with Crippen molar-refractivity contribution >= 4 is 40.1 Å². The number of nitrogens with one attached hydrogen (secondary N) is 1. The molecule has 3 N–H and O–H groups in total. The molecule has 3 rings (SSSR count). The van der Waals surface area contributed by atoms with Crippen LogP contribution < -0.4 is 5.73 Å². The van der Waals surface area contributed by atoms with Crippen molar-refractivity contribution in [2.24, 2.45) is 0 Å². The van der Waals surface area contributed by atoms with E-state index in [0.717, 1.165) is 10.9 Å². The molecule has 3 aromatic rings. The van der Waals surface area contributed by atoms with Gasteiger partial charge in [0.05, 0.1) is 16.1 Å². The first kappa shape index (κ1) is 11.3. The fraction of sp³-hybridized carbons (Fsp3) is 0. The van der Waals surface area contributed by atoms with Gasteiger partial charge in [-0.05, 0) is 30.3 Å². The molecule has 0 amide bonds. The summed E-state index contributed by atoms with van der Waals surface area (Å²) in [6.45, 7) is 0. The number of rotatable bonds is 1. The van der Waals surface area contributed by atoms with Crippen molar-refractivity contribution < 1.29 is 0 Å². The number of halogens is 2. The lowest BCUT2D eigenvalue weighted by atomic mass is 10.1.